The second-order valence-electron chi connectivity index (χ2n) is 7.05. The summed E-state index contributed by atoms with van der Waals surface area (Å²) in [7, 11) is 0. The maximum atomic E-state index is 13.0. The number of hydrogen-bond donors (Lipinski definition) is 2. The second-order valence-corrected chi connectivity index (χ2v) is 7.46. The van der Waals surface area contributed by atoms with Gasteiger partial charge < -0.3 is 20.1 Å². The summed E-state index contributed by atoms with van der Waals surface area (Å²) in [5.74, 6) is -0.877. The van der Waals surface area contributed by atoms with Gasteiger partial charge in [-0.25, -0.2) is 9.18 Å². The second kappa shape index (κ2) is 10.8. The molecule has 1 aliphatic rings. The van der Waals surface area contributed by atoms with Crippen molar-refractivity contribution in [3.8, 4) is 11.5 Å². The van der Waals surface area contributed by atoms with Crippen LogP contribution < -0.4 is 20.1 Å². The predicted octanol–water partition coefficient (Wildman–Crippen LogP) is 4.20. The third kappa shape index (κ3) is 6.01. The van der Waals surface area contributed by atoms with Gasteiger partial charge in [-0.05, 0) is 61.4 Å². The van der Waals surface area contributed by atoms with Crippen LogP contribution in [0.25, 0.3) is 6.08 Å². The Kier molecular flexibility index (Phi) is 7.89. The van der Waals surface area contributed by atoms with Gasteiger partial charge in [0.15, 0.2) is 18.1 Å². The van der Waals surface area contributed by atoms with Gasteiger partial charge in [-0.1, -0.05) is 18.5 Å². The zero-order valence-electron chi connectivity index (χ0n) is 18.1. The lowest BCUT2D eigenvalue weighted by Crippen LogP contribution is -2.31. The minimum atomic E-state index is -0.476. The minimum Gasteiger partial charge on any atom is -0.490 e. The molecule has 1 saturated heterocycles. The number of imide groups is 1. The highest BCUT2D eigenvalue weighted by Gasteiger charge is 2.32. The van der Waals surface area contributed by atoms with E-state index < -0.39 is 23.7 Å². The fraction of sp³-hybridized carbons (Fsp3) is 0.261. The summed E-state index contributed by atoms with van der Waals surface area (Å²) < 4.78 is 24.2. The van der Waals surface area contributed by atoms with Crippen molar-refractivity contribution in [3.63, 3.8) is 0 Å². The highest BCUT2D eigenvalue weighted by Crippen LogP contribution is 2.37. The topological polar surface area (TPSA) is 97.0 Å². The SMILES string of the molecule is CCCN1C(=O)N/C(=C/c2cc(Cl)c(OCC(=O)Nc3ccc(F)cc3)c(OCC)c2)C1=O. The smallest absolute Gasteiger partial charge is 0.329 e. The van der Waals surface area contributed by atoms with Crippen molar-refractivity contribution in [1.82, 2.24) is 10.2 Å². The molecule has 0 saturated carbocycles. The Balaban J connectivity index is 1.75. The molecule has 1 aliphatic heterocycles. The molecule has 2 aromatic rings. The zero-order chi connectivity index (χ0) is 24.0. The molecule has 2 aromatic carbocycles. The molecule has 8 nitrogen and oxygen atoms in total. The van der Waals surface area contributed by atoms with Crippen LogP contribution in [0, 0.1) is 5.82 Å². The summed E-state index contributed by atoms with van der Waals surface area (Å²) in [6.45, 7) is 3.90. The van der Waals surface area contributed by atoms with E-state index in [1.165, 1.54) is 36.4 Å². The molecule has 10 heteroatoms. The van der Waals surface area contributed by atoms with Crippen molar-refractivity contribution in [2.24, 2.45) is 0 Å². The van der Waals surface area contributed by atoms with E-state index in [0.717, 1.165) is 4.90 Å². The number of rotatable bonds is 9. The van der Waals surface area contributed by atoms with Crippen LogP contribution in [0.4, 0.5) is 14.9 Å². The van der Waals surface area contributed by atoms with Crippen LogP contribution in [0.2, 0.25) is 5.02 Å². The van der Waals surface area contributed by atoms with Crippen LogP contribution in [0.5, 0.6) is 11.5 Å². The molecule has 0 aliphatic carbocycles. The number of hydrogen-bond acceptors (Lipinski definition) is 5. The Bertz CT molecular complexity index is 1090. The van der Waals surface area contributed by atoms with E-state index in [-0.39, 0.29) is 28.8 Å². The van der Waals surface area contributed by atoms with E-state index in [2.05, 4.69) is 10.6 Å². The van der Waals surface area contributed by atoms with Gasteiger partial charge in [0.2, 0.25) is 0 Å². The molecule has 33 heavy (non-hydrogen) atoms. The molecule has 0 bridgehead atoms. The molecule has 174 valence electrons. The van der Waals surface area contributed by atoms with Gasteiger partial charge >= 0.3 is 6.03 Å². The molecular weight excluding hydrogens is 453 g/mol. The van der Waals surface area contributed by atoms with Gasteiger partial charge in [0, 0.05) is 12.2 Å². The molecule has 4 amide bonds. The molecule has 1 heterocycles. The molecule has 0 aromatic heterocycles. The fourth-order valence-corrected chi connectivity index (χ4v) is 3.38. The first-order chi connectivity index (χ1) is 15.8. The normalized spacial score (nSPS) is 14.4. The first kappa shape index (κ1) is 24.1. The van der Waals surface area contributed by atoms with Crippen LogP contribution in [0.1, 0.15) is 25.8 Å². The number of anilines is 1. The van der Waals surface area contributed by atoms with Gasteiger partial charge in [0.1, 0.15) is 11.5 Å². The minimum absolute atomic E-state index is 0.124. The number of nitrogens with one attached hydrogen (secondary N) is 2. The van der Waals surface area contributed by atoms with Gasteiger partial charge in [-0.3, -0.25) is 14.5 Å². The van der Waals surface area contributed by atoms with Crippen molar-refractivity contribution in [1.29, 1.82) is 0 Å². The Morgan fingerprint density at radius 2 is 1.91 bits per heavy atom. The maximum Gasteiger partial charge on any atom is 0.329 e. The van der Waals surface area contributed by atoms with Crippen molar-refractivity contribution >= 4 is 41.2 Å². The Labute approximate surface area is 195 Å². The number of amides is 4. The van der Waals surface area contributed by atoms with E-state index >= 15 is 0 Å². The van der Waals surface area contributed by atoms with Gasteiger partial charge in [-0.15, -0.1) is 0 Å². The molecule has 0 atom stereocenters. The lowest BCUT2D eigenvalue weighted by atomic mass is 10.1. The lowest BCUT2D eigenvalue weighted by Gasteiger charge is -2.14. The predicted molar refractivity (Wildman–Crippen MR) is 122 cm³/mol. The third-order valence-electron chi connectivity index (χ3n) is 4.53. The van der Waals surface area contributed by atoms with Gasteiger partial charge in [0.25, 0.3) is 11.8 Å². The Hall–Kier alpha value is -3.59. The molecule has 0 spiro atoms. The Morgan fingerprint density at radius 1 is 1.18 bits per heavy atom. The number of nitrogens with zero attached hydrogens (tertiary/aromatic N) is 1. The average Bonchev–Trinajstić information content (AvgIpc) is 3.02. The van der Waals surface area contributed by atoms with E-state index in [1.807, 2.05) is 6.92 Å². The first-order valence-corrected chi connectivity index (χ1v) is 10.7. The first-order valence-electron chi connectivity index (χ1n) is 10.3. The summed E-state index contributed by atoms with van der Waals surface area (Å²) in [5, 5.41) is 5.29. The fourth-order valence-electron chi connectivity index (χ4n) is 3.11. The summed E-state index contributed by atoms with van der Waals surface area (Å²) >= 11 is 6.37. The summed E-state index contributed by atoms with van der Waals surface area (Å²) in [6.07, 6.45) is 2.14. The molecule has 0 radical (unpaired) electrons. The third-order valence-corrected chi connectivity index (χ3v) is 4.81. The number of ether oxygens (including phenoxy) is 2. The molecular formula is C23H23ClFN3O5. The van der Waals surface area contributed by atoms with Crippen LogP contribution in [-0.2, 0) is 9.59 Å². The van der Waals surface area contributed by atoms with Crippen molar-refractivity contribution in [3.05, 3.63) is 58.5 Å². The summed E-state index contributed by atoms with van der Waals surface area (Å²) in [4.78, 5) is 37.8. The molecule has 1 fully saturated rings. The van der Waals surface area contributed by atoms with Crippen LogP contribution in [0.3, 0.4) is 0 Å². The number of carbonyl (C=O) groups excluding carboxylic acids is 3. The largest absolute Gasteiger partial charge is 0.490 e. The molecule has 0 unspecified atom stereocenters. The number of urea groups is 1. The molecule has 3 rings (SSSR count). The number of carbonyl (C=O) groups is 3. The van der Waals surface area contributed by atoms with E-state index in [1.54, 1.807) is 13.0 Å². The number of halogens is 2. The van der Waals surface area contributed by atoms with Crippen molar-refractivity contribution in [2.75, 3.05) is 25.1 Å². The zero-order valence-corrected chi connectivity index (χ0v) is 18.9. The summed E-state index contributed by atoms with van der Waals surface area (Å²) in [5.41, 5.74) is 1.05. The summed E-state index contributed by atoms with van der Waals surface area (Å²) in [6, 6.07) is 7.97. The van der Waals surface area contributed by atoms with Gasteiger partial charge in [0.05, 0.1) is 11.6 Å². The van der Waals surface area contributed by atoms with Crippen LogP contribution in [0.15, 0.2) is 42.1 Å². The van der Waals surface area contributed by atoms with Gasteiger partial charge in [-0.2, -0.15) is 0 Å². The maximum absolute atomic E-state index is 13.0. The van der Waals surface area contributed by atoms with Crippen molar-refractivity contribution in [2.45, 2.75) is 20.3 Å². The van der Waals surface area contributed by atoms with Crippen LogP contribution >= 0.6 is 11.6 Å². The lowest BCUT2D eigenvalue weighted by molar-refractivity contribution is -0.123. The monoisotopic (exact) mass is 475 g/mol. The van der Waals surface area contributed by atoms with E-state index in [4.69, 9.17) is 21.1 Å². The van der Waals surface area contributed by atoms with E-state index in [0.29, 0.717) is 30.8 Å². The average molecular weight is 476 g/mol. The van der Waals surface area contributed by atoms with Crippen molar-refractivity contribution < 1.29 is 28.2 Å². The highest BCUT2D eigenvalue weighted by molar-refractivity contribution is 6.32. The quantitative estimate of drug-likeness (QED) is 0.418. The van der Waals surface area contributed by atoms with Crippen LogP contribution in [-0.4, -0.2) is 42.5 Å². The highest BCUT2D eigenvalue weighted by atomic mass is 35.5. The molecule has 2 N–H and O–H groups in total. The standard InChI is InChI=1S/C23H23ClFN3O5/c1-3-9-28-22(30)18(27-23(28)31)11-14-10-17(24)21(19(12-14)32-4-2)33-13-20(29)26-16-7-5-15(25)6-8-16/h5-8,10-12H,3-4,9,13H2,1-2H3,(H,26,29)(H,27,31)/b18-11+. The van der Waals surface area contributed by atoms with E-state index in [9.17, 15) is 18.8 Å². The number of benzene rings is 2. The Morgan fingerprint density at radius 3 is 2.58 bits per heavy atom.